The van der Waals surface area contributed by atoms with Crippen LogP contribution in [0, 0.1) is 5.41 Å². The van der Waals surface area contributed by atoms with E-state index in [2.05, 4.69) is 27.9 Å². The van der Waals surface area contributed by atoms with Crippen molar-refractivity contribution in [3.8, 4) is 0 Å². The lowest BCUT2D eigenvalue weighted by molar-refractivity contribution is 0.111. The first kappa shape index (κ1) is 7.35. The molecule has 1 aliphatic carbocycles. The van der Waals surface area contributed by atoms with Crippen molar-refractivity contribution in [2.45, 2.75) is 29.6 Å². The van der Waals surface area contributed by atoms with Crippen molar-refractivity contribution in [2.24, 2.45) is 5.41 Å². The van der Waals surface area contributed by atoms with E-state index in [0.29, 0.717) is 0 Å². The Morgan fingerprint density at radius 1 is 1.20 bits per heavy atom. The minimum atomic E-state index is 0.766. The maximum absolute atomic E-state index is 3.38. The molecule has 1 saturated heterocycles. The van der Waals surface area contributed by atoms with Crippen molar-refractivity contribution in [1.82, 2.24) is 5.32 Å². The molecule has 2 heteroatoms. The van der Waals surface area contributed by atoms with Crippen LogP contribution in [0.1, 0.15) is 25.7 Å². The summed E-state index contributed by atoms with van der Waals surface area (Å²) in [5.41, 5.74) is 0.766. The molecule has 0 amide bonds. The molecule has 0 aromatic carbocycles. The predicted molar refractivity (Wildman–Crippen MR) is 51.6 cm³/mol. The highest BCUT2D eigenvalue weighted by Crippen LogP contribution is 2.41. The van der Waals surface area contributed by atoms with Gasteiger partial charge in [0.2, 0.25) is 0 Å². The molecule has 2 rings (SSSR count). The Morgan fingerprint density at radius 3 is 2.20 bits per heavy atom. The van der Waals surface area contributed by atoms with Crippen LogP contribution in [0.15, 0.2) is 0 Å². The van der Waals surface area contributed by atoms with Gasteiger partial charge in [-0.15, -0.1) is 0 Å². The molecular formula is C8H14IN. The molecule has 0 radical (unpaired) electrons. The molecule has 10 heavy (non-hydrogen) atoms. The molecule has 0 unspecified atom stereocenters. The summed E-state index contributed by atoms with van der Waals surface area (Å²) in [6, 6.07) is 0. The Bertz CT molecular complexity index is 121. The number of nitrogens with one attached hydrogen (secondary N) is 1. The van der Waals surface area contributed by atoms with Crippen molar-refractivity contribution < 1.29 is 0 Å². The SMILES string of the molecule is IC1CCC2(CC1)CNC2. The van der Waals surface area contributed by atoms with Gasteiger partial charge in [0.25, 0.3) is 0 Å². The average Bonchev–Trinajstić information content (AvgIpc) is 1.86. The van der Waals surface area contributed by atoms with Crippen molar-refractivity contribution >= 4 is 22.6 Å². The van der Waals surface area contributed by atoms with E-state index < -0.39 is 0 Å². The van der Waals surface area contributed by atoms with E-state index in [1.807, 2.05) is 0 Å². The number of alkyl halides is 1. The third-order valence-electron chi connectivity index (χ3n) is 2.98. The summed E-state index contributed by atoms with van der Waals surface area (Å²) in [4.78, 5) is 0. The van der Waals surface area contributed by atoms with Gasteiger partial charge < -0.3 is 5.32 Å². The fourth-order valence-corrected chi connectivity index (χ4v) is 2.65. The van der Waals surface area contributed by atoms with Gasteiger partial charge in [-0.3, -0.25) is 0 Å². The molecule has 1 heterocycles. The van der Waals surface area contributed by atoms with E-state index in [4.69, 9.17) is 0 Å². The van der Waals surface area contributed by atoms with Crippen LogP contribution in [0.4, 0.5) is 0 Å². The first-order chi connectivity index (χ1) is 4.81. The van der Waals surface area contributed by atoms with Crippen LogP contribution in [-0.2, 0) is 0 Å². The lowest BCUT2D eigenvalue weighted by Gasteiger charge is -2.46. The monoisotopic (exact) mass is 251 g/mol. The second-order valence-corrected chi connectivity index (χ2v) is 5.54. The van der Waals surface area contributed by atoms with Crippen molar-refractivity contribution in [1.29, 1.82) is 0 Å². The Hall–Kier alpha value is 0.690. The summed E-state index contributed by atoms with van der Waals surface area (Å²) in [5.74, 6) is 0. The molecule has 1 spiro atoms. The summed E-state index contributed by atoms with van der Waals surface area (Å²) in [6.45, 7) is 2.60. The Kier molecular flexibility index (Phi) is 1.93. The summed E-state index contributed by atoms with van der Waals surface area (Å²) in [5, 5.41) is 3.38. The Morgan fingerprint density at radius 2 is 1.80 bits per heavy atom. The maximum Gasteiger partial charge on any atom is 0.0110 e. The summed E-state index contributed by atoms with van der Waals surface area (Å²) >= 11 is 2.59. The third kappa shape index (κ3) is 1.20. The summed E-state index contributed by atoms with van der Waals surface area (Å²) < 4.78 is 0.976. The minimum absolute atomic E-state index is 0.766. The van der Waals surface area contributed by atoms with E-state index in [-0.39, 0.29) is 0 Å². The topological polar surface area (TPSA) is 12.0 Å². The van der Waals surface area contributed by atoms with Crippen molar-refractivity contribution in [2.75, 3.05) is 13.1 Å². The highest BCUT2D eigenvalue weighted by atomic mass is 127. The maximum atomic E-state index is 3.38. The standard InChI is InChI=1S/C8H14IN/c9-7-1-3-8(4-2-7)5-10-6-8/h7,10H,1-6H2. The van der Waals surface area contributed by atoms with Gasteiger partial charge >= 0.3 is 0 Å². The zero-order valence-electron chi connectivity index (χ0n) is 6.20. The second kappa shape index (κ2) is 2.63. The molecule has 0 atom stereocenters. The van der Waals surface area contributed by atoms with Crippen LogP contribution in [0.2, 0.25) is 0 Å². The Labute approximate surface area is 76.1 Å². The summed E-state index contributed by atoms with van der Waals surface area (Å²) in [7, 11) is 0. The lowest BCUT2D eigenvalue weighted by Crippen LogP contribution is -2.54. The highest BCUT2D eigenvalue weighted by molar-refractivity contribution is 14.1. The Balaban J connectivity index is 1.90. The zero-order valence-corrected chi connectivity index (χ0v) is 8.36. The first-order valence-corrected chi connectivity index (χ1v) is 5.40. The van der Waals surface area contributed by atoms with E-state index in [1.54, 1.807) is 0 Å². The van der Waals surface area contributed by atoms with Gasteiger partial charge in [-0.25, -0.2) is 0 Å². The smallest absolute Gasteiger partial charge is 0.0110 e. The normalized spacial score (nSPS) is 32.1. The highest BCUT2D eigenvalue weighted by Gasteiger charge is 2.39. The van der Waals surface area contributed by atoms with Gasteiger partial charge in [0.15, 0.2) is 0 Å². The number of halogens is 1. The van der Waals surface area contributed by atoms with Gasteiger partial charge in [-0.2, -0.15) is 0 Å². The molecule has 1 nitrogen and oxygen atoms in total. The predicted octanol–water partition coefficient (Wildman–Crippen LogP) is 1.95. The fraction of sp³-hybridized carbons (Fsp3) is 1.00. The molecule has 1 N–H and O–H groups in total. The zero-order chi connectivity index (χ0) is 7.03. The molecule has 0 bridgehead atoms. The second-order valence-electron chi connectivity index (χ2n) is 3.78. The van der Waals surface area contributed by atoms with Crippen molar-refractivity contribution in [3.05, 3.63) is 0 Å². The minimum Gasteiger partial charge on any atom is -0.316 e. The number of hydrogen-bond donors (Lipinski definition) is 1. The molecule has 0 aromatic rings. The molecular weight excluding hydrogens is 237 g/mol. The van der Waals surface area contributed by atoms with Crippen LogP contribution in [0.25, 0.3) is 0 Å². The lowest BCUT2D eigenvalue weighted by atomic mass is 9.70. The molecule has 1 saturated carbocycles. The van der Waals surface area contributed by atoms with Gasteiger partial charge in [-0.05, 0) is 31.1 Å². The van der Waals surface area contributed by atoms with Gasteiger partial charge in [-0.1, -0.05) is 22.6 Å². The fourth-order valence-electron chi connectivity index (χ4n) is 2.03. The van der Waals surface area contributed by atoms with Gasteiger partial charge in [0.1, 0.15) is 0 Å². The van der Waals surface area contributed by atoms with Gasteiger partial charge in [0, 0.05) is 17.0 Å². The first-order valence-electron chi connectivity index (χ1n) is 4.16. The third-order valence-corrected chi connectivity index (χ3v) is 4.22. The van der Waals surface area contributed by atoms with E-state index >= 15 is 0 Å². The van der Waals surface area contributed by atoms with Crippen LogP contribution < -0.4 is 5.32 Å². The van der Waals surface area contributed by atoms with E-state index in [9.17, 15) is 0 Å². The van der Waals surface area contributed by atoms with E-state index in [1.165, 1.54) is 38.8 Å². The number of hydrogen-bond acceptors (Lipinski definition) is 1. The van der Waals surface area contributed by atoms with Crippen LogP contribution in [0.3, 0.4) is 0 Å². The molecule has 0 aromatic heterocycles. The molecule has 2 aliphatic rings. The molecule has 58 valence electrons. The summed E-state index contributed by atoms with van der Waals surface area (Å²) in [6.07, 6.45) is 5.88. The van der Waals surface area contributed by atoms with Crippen LogP contribution in [0.5, 0.6) is 0 Å². The van der Waals surface area contributed by atoms with Crippen LogP contribution >= 0.6 is 22.6 Å². The molecule has 2 fully saturated rings. The van der Waals surface area contributed by atoms with Gasteiger partial charge in [0.05, 0.1) is 0 Å². The molecule has 1 aliphatic heterocycles. The average molecular weight is 251 g/mol. The quantitative estimate of drug-likeness (QED) is 0.512. The largest absolute Gasteiger partial charge is 0.316 e. The van der Waals surface area contributed by atoms with E-state index in [0.717, 1.165) is 9.34 Å². The number of rotatable bonds is 0. The van der Waals surface area contributed by atoms with Crippen molar-refractivity contribution in [3.63, 3.8) is 0 Å². The van der Waals surface area contributed by atoms with Crippen LogP contribution in [-0.4, -0.2) is 17.0 Å².